The van der Waals surface area contributed by atoms with E-state index in [1.54, 1.807) is 0 Å². The molecule has 1 aromatic rings. The first-order chi connectivity index (χ1) is 8.45. The van der Waals surface area contributed by atoms with Gasteiger partial charge >= 0.3 is 0 Å². The highest BCUT2D eigenvalue weighted by atomic mass is 35.5. The van der Waals surface area contributed by atoms with E-state index < -0.39 is 0 Å². The van der Waals surface area contributed by atoms with E-state index in [9.17, 15) is 0 Å². The summed E-state index contributed by atoms with van der Waals surface area (Å²) in [7, 11) is 1.99. The van der Waals surface area contributed by atoms with E-state index in [1.165, 1.54) is 5.69 Å². The van der Waals surface area contributed by atoms with Crippen LogP contribution in [0.5, 0.6) is 0 Å². The molecule has 18 heavy (non-hydrogen) atoms. The third kappa shape index (κ3) is 3.72. The molecule has 0 saturated carbocycles. The monoisotopic (exact) mass is 271 g/mol. The summed E-state index contributed by atoms with van der Waals surface area (Å²) in [5.41, 5.74) is 2.46. The highest BCUT2D eigenvalue weighted by Gasteiger charge is 2.23. The topological polar surface area (TPSA) is 29.9 Å². The third-order valence-corrected chi connectivity index (χ3v) is 3.83. The van der Waals surface area contributed by atoms with Crippen LogP contribution in [-0.2, 0) is 19.4 Å². The lowest BCUT2D eigenvalue weighted by molar-refractivity contribution is 0.320. The first kappa shape index (κ1) is 15.5. The number of aryl methyl sites for hydroxylation is 2. The molecule has 0 bridgehead atoms. The first-order valence-corrected chi connectivity index (χ1v) is 7.21. The summed E-state index contributed by atoms with van der Waals surface area (Å²) >= 11 is 6.45. The molecule has 104 valence electrons. The summed E-state index contributed by atoms with van der Waals surface area (Å²) in [6, 6.07) is 0. The van der Waals surface area contributed by atoms with Crippen molar-refractivity contribution in [2.45, 2.75) is 53.5 Å². The largest absolute Gasteiger partial charge is 0.320 e. The summed E-state index contributed by atoms with van der Waals surface area (Å²) in [6.45, 7) is 10.7. The maximum atomic E-state index is 6.45. The Kier molecular flexibility index (Phi) is 5.67. The molecule has 0 aromatic carbocycles. The van der Waals surface area contributed by atoms with E-state index in [4.69, 9.17) is 11.6 Å². The molecular weight excluding hydrogens is 246 g/mol. The Morgan fingerprint density at radius 2 is 2.00 bits per heavy atom. The summed E-state index contributed by atoms with van der Waals surface area (Å²) in [5.74, 6) is 0. The zero-order chi connectivity index (χ0) is 13.8. The molecule has 0 aliphatic rings. The summed E-state index contributed by atoms with van der Waals surface area (Å²) in [6.07, 6.45) is 3.01. The van der Waals surface area contributed by atoms with E-state index in [1.807, 2.05) is 7.05 Å². The minimum absolute atomic E-state index is 0.241. The van der Waals surface area contributed by atoms with Gasteiger partial charge in [-0.05, 0) is 45.2 Å². The van der Waals surface area contributed by atoms with Gasteiger partial charge in [0.05, 0.1) is 16.4 Å². The van der Waals surface area contributed by atoms with E-state index in [0.717, 1.165) is 43.1 Å². The second-order valence-corrected chi connectivity index (χ2v) is 5.95. The number of nitrogens with zero attached hydrogens (tertiary/aromatic N) is 2. The Balaban J connectivity index is 2.91. The smallest absolute Gasteiger partial charge is 0.0850 e. The lowest BCUT2D eigenvalue weighted by atomic mass is 9.84. The molecule has 0 spiro atoms. The van der Waals surface area contributed by atoms with Crippen molar-refractivity contribution in [2.24, 2.45) is 5.41 Å². The van der Waals surface area contributed by atoms with Crippen molar-refractivity contribution in [1.82, 2.24) is 15.1 Å². The fraction of sp³-hybridized carbons (Fsp3) is 0.786. The number of halogens is 1. The number of hydrogen-bond acceptors (Lipinski definition) is 2. The molecule has 1 rings (SSSR count). The lowest BCUT2D eigenvalue weighted by Crippen LogP contribution is -2.23. The van der Waals surface area contributed by atoms with Gasteiger partial charge in [-0.3, -0.25) is 4.68 Å². The number of aromatic nitrogens is 2. The highest BCUT2D eigenvalue weighted by molar-refractivity contribution is 6.31. The molecule has 0 unspecified atom stereocenters. The first-order valence-electron chi connectivity index (χ1n) is 6.83. The van der Waals surface area contributed by atoms with E-state index in [-0.39, 0.29) is 5.41 Å². The van der Waals surface area contributed by atoms with Crippen LogP contribution in [0.3, 0.4) is 0 Å². The van der Waals surface area contributed by atoms with Gasteiger partial charge in [-0.25, -0.2) is 0 Å². The second-order valence-electron chi connectivity index (χ2n) is 5.57. The third-order valence-electron chi connectivity index (χ3n) is 3.39. The van der Waals surface area contributed by atoms with Gasteiger partial charge in [0.15, 0.2) is 0 Å². The molecule has 4 heteroatoms. The molecule has 0 fully saturated rings. The molecule has 0 amide bonds. The van der Waals surface area contributed by atoms with Crippen molar-refractivity contribution in [3.05, 3.63) is 16.4 Å². The normalized spacial score (nSPS) is 12.1. The average Bonchev–Trinajstić information content (AvgIpc) is 2.63. The van der Waals surface area contributed by atoms with Crippen LogP contribution < -0.4 is 5.32 Å². The van der Waals surface area contributed by atoms with Crippen molar-refractivity contribution in [1.29, 1.82) is 0 Å². The van der Waals surface area contributed by atoms with Crippen molar-refractivity contribution < 1.29 is 0 Å². The van der Waals surface area contributed by atoms with Crippen LogP contribution in [0.4, 0.5) is 0 Å². The Labute approximate surface area is 116 Å². The summed E-state index contributed by atoms with van der Waals surface area (Å²) < 4.78 is 2.06. The van der Waals surface area contributed by atoms with Crippen LogP contribution in [0.1, 0.15) is 45.5 Å². The fourth-order valence-corrected chi connectivity index (χ4v) is 2.53. The molecule has 3 nitrogen and oxygen atoms in total. The van der Waals surface area contributed by atoms with Crippen molar-refractivity contribution >= 4 is 11.6 Å². The van der Waals surface area contributed by atoms with Crippen LogP contribution in [0.25, 0.3) is 0 Å². The fourth-order valence-electron chi connectivity index (χ4n) is 2.19. The highest BCUT2D eigenvalue weighted by Crippen LogP contribution is 2.31. The molecule has 0 radical (unpaired) electrons. The van der Waals surface area contributed by atoms with Crippen LogP contribution in [0, 0.1) is 5.41 Å². The van der Waals surface area contributed by atoms with Crippen molar-refractivity contribution in [3.63, 3.8) is 0 Å². The molecule has 0 aliphatic carbocycles. The number of nitrogens with one attached hydrogen (secondary N) is 1. The van der Waals surface area contributed by atoms with Crippen molar-refractivity contribution in [3.8, 4) is 0 Å². The Morgan fingerprint density at radius 3 is 2.50 bits per heavy atom. The maximum absolute atomic E-state index is 6.45. The van der Waals surface area contributed by atoms with E-state index in [2.05, 4.69) is 42.8 Å². The molecule has 0 atom stereocenters. The Bertz CT molecular complexity index is 383. The van der Waals surface area contributed by atoms with Crippen LogP contribution in [0.2, 0.25) is 5.02 Å². The van der Waals surface area contributed by atoms with Gasteiger partial charge in [0.2, 0.25) is 0 Å². The quantitative estimate of drug-likeness (QED) is 0.825. The number of rotatable bonds is 7. The Hall–Kier alpha value is -0.540. The van der Waals surface area contributed by atoms with Crippen LogP contribution in [0.15, 0.2) is 0 Å². The van der Waals surface area contributed by atoms with Gasteiger partial charge < -0.3 is 5.32 Å². The van der Waals surface area contributed by atoms with E-state index >= 15 is 0 Å². The molecule has 1 heterocycles. The molecule has 0 saturated heterocycles. The van der Waals surface area contributed by atoms with Gasteiger partial charge in [-0.1, -0.05) is 32.4 Å². The maximum Gasteiger partial charge on any atom is 0.0850 e. The predicted octanol–water partition coefficient (Wildman–Crippen LogP) is 3.30. The minimum Gasteiger partial charge on any atom is -0.320 e. The van der Waals surface area contributed by atoms with Gasteiger partial charge in [-0.15, -0.1) is 0 Å². The van der Waals surface area contributed by atoms with Crippen molar-refractivity contribution in [2.75, 3.05) is 13.6 Å². The van der Waals surface area contributed by atoms with Gasteiger partial charge in [-0.2, -0.15) is 5.10 Å². The Morgan fingerprint density at radius 1 is 1.33 bits per heavy atom. The minimum atomic E-state index is 0.241. The SMILES string of the molecule is CCc1nn(CC)c(CC(C)(C)CCNC)c1Cl. The average molecular weight is 272 g/mol. The van der Waals surface area contributed by atoms with Gasteiger partial charge in [0, 0.05) is 6.54 Å². The zero-order valence-corrected chi connectivity index (χ0v) is 13.1. The molecule has 1 aromatic heterocycles. The number of hydrogen-bond donors (Lipinski definition) is 1. The predicted molar refractivity (Wildman–Crippen MR) is 78.3 cm³/mol. The van der Waals surface area contributed by atoms with Crippen LogP contribution >= 0.6 is 11.6 Å². The van der Waals surface area contributed by atoms with Crippen LogP contribution in [-0.4, -0.2) is 23.4 Å². The lowest BCUT2D eigenvalue weighted by Gasteiger charge is -2.25. The van der Waals surface area contributed by atoms with E-state index in [0.29, 0.717) is 0 Å². The summed E-state index contributed by atoms with van der Waals surface area (Å²) in [4.78, 5) is 0. The zero-order valence-electron chi connectivity index (χ0n) is 12.3. The molecule has 1 N–H and O–H groups in total. The summed E-state index contributed by atoms with van der Waals surface area (Å²) in [5, 5.41) is 8.67. The molecule has 0 aliphatic heterocycles. The van der Waals surface area contributed by atoms with Gasteiger partial charge in [0.1, 0.15) is 0 Å². The molecular formula is C14H26ClN3. The second kappa shape index (κ2) is 6.58. The van der Waals surface area contributed by atoms with Gasteiger partial charge in [0.25, 0.3) is 0 Å². The standard InChI is InChI=1S/C14H26ClN3/c1-6-11-13(15)12(18(7-2)17-11)10-14(3,4)8-9-16-5/h16H,6-10H2,1-5H3.